The lowest BCUT2D eigenvalue weighted by Crippen LogP contribution is -2.00. The first-order valence-corrected chi connectivity index (χ1v) is 17.7. The molecule has 0 amide bonds. The second-order valence-corrected chi connectivity index (χ2v) is 13.5. The maximum Gasteiger partial charge on any atom is 0.164 e. The lowest BCUT2D eigenvalue weighted by Gasteiger charge is -2.13. The fourth-order valence-electron chi connectivity index (χ4n) is 7.78. The molecule has 5 nitrogen and oxygen atoms in total. The summed E-state index contributed by atoms with van der Waals surface area (Å²) in [5.41, 5.74) is 6.75. The molecule has 0 spiro atoms. The zero-order valence-corrected chi connectivity index (χ0v) is 28.4. The van der Waals surface area contributed by atoms with Gasteiger partial charge in [-0.2, -0.15) is 0 Å². The zero-order valence-electron chi connectivity index (χ0n) is 28.4. The highest BCUT2D eigenvalue weighted by molar-refractivity contribution is 6.22. The van der Waals surface area contributed by atoms with E-state index in [0.717, 1.165) is 82.1 Å². The van der Waals surface area contributed by atoms with Crippen LogP contribution >= 0.6 is 0 Å². The maximum atomic E-state index is 6.40. The molecule has 0 aliphatic carbocycles. The van der Waals surface area contributed by atoms with Crippen LogP contribution in [0, 0.1) is 0 Å². The van der Waals surface area contributed by atoms with Gasteiger partial charge in [-0.15, -0.1) is 0 Å². The monoisotopic (exact) mass is 676 g/mol. The molecule has 0 N–H and O–H groups in total. The van der Waals surface area contributed by atoms with Crippen LogP contribution < -0.4 is 0 Å². The van der Waals surface area contributed by atoms with Gasteiger partial charge in [-0.1, -0.05) is 121 Å². The van der Waals surface area contributed by atoms with E-state index in [9.17, 15) is 0 Å². The number of aromatic nitrogens is 4. The second-order valence-electron chi connectivity index (χ2n) is 13.5. The summed E-state index contributed by atoms with van der Waals surface area (Å²) in [5.74, 6) is 1.90. The Kier molecular flexibility index (Phi) is 6.48. The van der Waals surface area contributed by atoms with E-state index in [1.54, 1.807) is 0 Å². The molecule has 8 aromatic carbocycles. The molecular weight excluding hydrogens is 649 g/mol. The van der Waals surface area contributed by atoms with Crippen LogP contribution in [0.25, 0.3) is 110 Å². The Morgan fingerprint density at radius 2 is 0.943 bits per heavy atom. The van der Waals surface area contributed by atoms with Gasteiger partial charge in [0.05, 0.1) is 0 Å². The van der Waals surface area contributed by atoms with Crippen LogP contribution in [0.4, 0.5) is 0 Å². The Labute approximate surface area is 303 Å². The standard InChI is InChI=1S/C48H28N4O/c1-3-10-31-24-34(18-16-29(31)8-1)46-50-47(35-19-17-30-9-2-4-11-32(30)25-35)52-48(51-46)36-20-21-37-33(26-36)12-7-14-38(37)41-27-44-45(42-28-49-23-22-39(41)42)40-13-5-6-15-43(40)53-44/h1-28H. The number of fused-ring (bicyclic) bond motifs is 8. The largest absolute Gasteiger partial charge is 0.456 e. The molecule has 3 aromatic heterocycles. The summed E-state index contributed by atoms with van der Waals surface area (Å²) < 4.78 is 6.40. The van der Waals surface area contributed by atoms with Crippen molar-refractivity contribution in [1.82, 2.24) is 19.9 Å². The second kappa shape index (κ2) is 11.7. The molecule has 0 saturated carbocycles. The number of nitrogens with zero attached hydrogens (tertiary/aromatic N) is 4. The number of hydrogen-bond acceptors (Lipinski definition) is 5. The van der Waals surface area contributed by atoms with E-state index in [0.29, 0.717) is 17.5 Å². The Morgan fingerprint density at radius 1 is 0.358 bits per heavy atom. The van der Waals surface area contributed by atoms with E-state index < -0.39 is 0 Å². The molecule has 0 fully saturated rings. The van der Waals surface area contributed by atoms with Gasteiger partial charge in [-0.25, -0.2) is 15.0 Å². The van der Waals surface area contributed by atoms with Crippen LogP contribution in [-0.4, -0.2) is 19.9 Å². The molecule has 53 heavy (non-hydrogen) atoms. The van der Waals surface area contributed by atoms with E-state index >= 15 is 0 Å². The molecule has 0 radical (unpaired) electrons. The van der Waals surface area contributed by atoms with Gasteiger partial charge in [0.25, 0.3) is 0 Å². The summed E-state index contributed by atoms with van der Waals surface area (Å²) in [6, 6.07) is 54.9. The summed E-state index contributed by atoms with van der Waals surface area (Å²) in [6.07, 6.45) is 3.82. The van der Waals surface area contributed by atoms with E-state index in [4.69, 9.17) is 19.4 Å². The lowest BCUT2D eigenvalue weighted by atomic mass is 9.92. The van der Waals surface area contributed by atoms with Gasteiger partial charge in [-0.3, -0.25) is 4.98 Å². The predicted molar refractivity (Wildman–Crippen MR) is 217 cm³/mol. The fourth-order valence-corrected chi connectivity index (χ4v) is 7.78. The number of hydrogen-bond donors (Lipinski definition) is 0. The van der Waals surface area contributed by atoms with E-state index in [-0.39, 0.29) is 0 Å². The SMILES string of the molecule is c1ccc2cc(-c3nc(-c4ccc5ccccc5c4)nc(-c4ccc5c(-c6cc7oc8ccccc8c7c7cnccc67)cccc5c4)n3)ccc2c1. The highest BCUT2D eigenvalue weighted by atomic mass is 16.3. The van der Waals surface area contributed by atoms with Crippen molar-refractivity contribution in [2.75, 3.05) is 0 Å². The quantitative estimate of drug-likeness (QED) is 0.186. The van der Waals surface area contributed by atoms with Crippen LogP contribution in [0.5, 0.6) is 0 Å². The third-order valence-corrected chi connectivity index (χ3v) is 10.4. The van der Waals surface area contributed by atoms with Gasteiger partial charge in [0.1, 0.15) is 11.2 Å². The first-order valence-electron chi connectivity index (χ1n) is 17.7. The Hall–Kier alpha value is -7.24. The Morgan fingerprint density at radius 3 is 1.64 bits per heavy atom. The molecule has 11 aromatic rings. The van der Waals surface area contributed by atoms with Gasteiger partial charge in [-0.05, 0) is 85.2 Å². The molecule has 0 unspecified atom stereocenters. The Bertz CT molecular complexity index is 3160. The van der Waals surface area contributed by atoms with Crippen molar-refractivity contribution in [3.8, 4) is 45.3 Å². The first kappa shape index (κ1) is 29.5. The smallest absolute Gasteiger partial charge is 0.164 e. The third-order valence-electron chi connectivity index (χ3n) is 10.4. The highest BCUT2D eigenvalue weighted by Gasteiger charge is 2.18. The molecule has 0 aliphatic heterocycles. The number of benzene rings is 8. The molecule has 0 bridgehead atoms. The van der Waals surface area contributed by atoms with Crippen LogP contribution in [-0.2, 0) is 0 Å². The molecule has 246 valence electrons. The average Bonchev–Trinajstić information content (AvgIpc) is 3.61. The summed E-state index contributed by atoms with van der Waals surface area (Å²) >= 11 is 0. The van der Waals surface area contributed by atoms with Crippen molar-refractivity contribution >= 4 is 65.0 Å². The van der Waals surface area contributed by atoms with E-state index in [1.165, 1.54) is 10.8 Å². The van der Waals surface area contributed by atoms with Crippen molar-refractivity contribution in [1.29, 1.82) is 0 Å². The molecule has 5 heteroatoms. The number of rotatable bonds is 4. The topological polar surface area (TPSA) is 64.7 Å². The van der Waals surface area contributed by atoms with Gasteiger partial charge < -0.3 is 4.42 Å². The number of para-hydroxylation sites is 1. The minimum absolute atomic E-state index is 0.624. The van der Waals surface area contributed by atoms with Gasteiger partial charge in [0, 0.05) is 45.2 Å². The minimum Gasteiger partial charge on any atom is -0.456 e. The number of pyridine rings is 1. The lowest BCUT2D eigenvalue weighted by molar-refractivity contribution is 0.669. The molecular formula is C48H28N4O. The summed E-state index contributed by atoms with van der Waals surface area (Å²) in [4.78, 5) is 19.8. The van der Waals surface area contributed by atoms with Gasteiger partial charge in [0.15, 0.2) is 17.5 Å². The molecule has 11 rings (SSSR count). The molecule has 0 saturated heterocycles. The van der Waals surface area contributed by atoms with E-state index in [2.05, 4.69) is 151 Å². The highest BCUT2D eigenvalue weighted by Crippen LogP contribution is 2.42. The predicted octanol–water partition coefficient (Wildman–Crippen LogP) is 12.4. The fraction of sp³-hybridized carbons (Fsp3) is 0. The van der Waals surface area contributed by atoms with Gasteiger partial charge >= 0.3 is 0 Å². The maximum absolute atomic E-state index is 6.40. The van der Waals surface area contributed by atoms with Crippen molar-refractivity contribution < 1.29 is 4.42 Å². The zero-order chi connectivity index (χ0) is 34.9. The third kappa shape index (κ3) is 4.86. The van der Waals surface area contributed by atoms with Crippen LogP contribution in [0.15, 0.2) is 175 Å². The van der Waals surface area contributed by atoms with Crippen LogP contribution in [0.1, 0.15) is 0 Å². The molecule has 3 heterocycles. The van der Waals surface area contributed by atoms with Crippen LogP contribution in [0.3, 0.4) is 0 Å². The summed E-state index contributed by atoms with van der Waals surface area (Å²) in [5, 5.41) is 11.2. The summed E-state index contributed by atoms with van der Waals surface area (Å²) in [6.45, 7) is 0. The number of furan rings is 1. The van der Waals surface area contributed by atoms with Crippen LogP contribution in [0.2, 0.25) is 0 Å². The first-order chi connectivity index (χ1) is 26.2. The molecule has 0 aliphatic rings. The van der Waals surface area contributed by atoms with E-state index in [1.807, 2.05) is 24.5 Å². The van der Waals surface area contributed by atoms with Crippen molar-refractivity contribution in [2.24, 2.45) is 0 Å². The minimum atomic E-state index is 0.624. The average molecular weight is 677 g/mol. The van der Waals surface area contributed by atoms with Crippen molar-refractivity contribution in [3.05, 3.63) is 170 Å². The Balaban J connectivity index is 1.09. The summed E-state index contributed by atoms with van der Waals surface area (Å²) in [7, 11) is 0. The van der Waals surface area contributed by atoms with Gasteiger partial charge in [0.2, 0.25) is 0 Å². The van der Waals surface area contributed by atoms with Crippen molar-refractivity contribution in [3.63, 3.8) is 0 Å². The molecule has 0 atom stereocenters. The van der Waals surface area contributed by atoms with Crippen molar-refractivity contribution in [2.45, 2.75) is 0 Å². The normalized spacial score (nSPS) is 11.8.